The Bertz CT molecular complexity index is 996. The van der Waals surface area contributed by atoms with Crippen LogP contribution in [0.3, 0.4) is 0 Å². The molecule has 3 aromatic rings. The van der Waals surface area contributed by atoms with Crippen molar-refractivity contribution in [3.05, 3.63) is 50.0 Å². The number of nitrogens with one attached hydrogen (secondary N) is 1. The van der Waals surface area contributed by atoms with Crippen LogP contribution in [0.2, 0.25) is 0 Å². The number of aryl methyl sites for hydroxylation is 3. The minimum Gasteiger partial charge on any atom is -0.504 e. The van der Waals surface area contributed by atoms with Crippen molar-refractivity contribution in [1.29, 1.82) is 0 Å². The van der Waals surface area contributed by atoms with E-state index in [0.717, 1.165) is 21.9 Å². The van der Waals surface area contributed by atoms with Crippen LogP contribution in [0.5, 0.6) is 5.75 Å². The fourth-order valence-electron chi connectivity index (χ4n) is 2.87. The molecule has 0 bridgehead atoms. The maximum atomic E-state index is 12.1. The molecule has 2 aromatic heterocycles. The summed E-state index contributed by atoms with van der Waals surface area (Å²) in [5, 5.41) is 12.2. The van der Waals surface area contributed by atoms with Crippen LogP contribution in [0.15, 0.2) is 27.8 Å². The molecule has 0 radical (unpaired) electrons. The summed E-state index contributed by atoms with van der Waals surface area (Å²) in [4.78, 5) is 26.4. The van der Waals surface area contributed by atoms with E-state index in [1.54, 1.807) is 6.07 Å². The Labute approximate surface area is 120 Å². The molecule has 0 atom stereocenters. The normalized spacial score (nSPS) is 11.4. The smallest absolute Gasteiger partial charge is 0.251 e. The highest BCUT2D eigenvalue weighted by atomic mass is 16.3. The predicted molar refractivity (Wildman–Crippen MR) is 83.1 cm³/mol. The first-order chi connectivity index (χ1) is 9.93. The highest BCUT2D eigenvalue weighted by molar-refractivity contribution is 6.03. The molecule has 0 spiro atoms. The lowest BCUT2D eigenvalue weighted by atomic mass is 10.0. The number of phenols is 1. The molecule has 3 rings (SSSR count). The highest BCUT2D eigenvalue weighted by Gasteiger charge is 2.15. The van der Waals surface area contributed by atoms with Crippen molar-refractivity contribution in [1.82, 2.24) is 9.55 Å². The van der Waals surface area contributed by atoms with Gasteiger partial charge in [0.05, 0.1) is 11.0 Å². The summed E-state index contributed by atoms with van der Waals surface area (Å²) < 4.78 is 1.51. The van der Waals surface area contributed by atoms with Crippen LogP contribution in [-0.2, 0) is 6.54 Å². The number of phenolic OH excluding ortho intramolecular Hbond substituents is 1. The Morgan fingerprint density at radius 2 is 1.76 bits per heavy atom. The van der Waals surface area contributed by atoms with Gasteiger partial charge in [-0.1, -0.05) is 0 Å². The second-order valence-electron chi connectivity index (χ2n) is 5.27. The van der Waals surface area contributed by atoms with E-state index in [1.165, 1.54) is 10.6 Å². The number of H-pyrrole nitrogens is 1. The van der Waals surface area contributed by atoms with E-state index in [9.17, 15) is 14.7 Å². The van der Waals surface area contributed by atoms with Gasteiger partial charge in [0.2, 0.25) is 5.56 Å². The lowest BCUT2D eigenvalue weighted by molar-refractivity contribution is 0.481. The Morgan fingerprint density at radius 3 is 2.43 bits per heavy atom. The number of aromatic hydroxyl groups is 1. The van der Waals surface area contributed by atoms with Crippen LogP contribution in [0, 0.1) is 13.8 Å². The number of rotatable bonds is 1. The molecular weight excluding hydrogens is 268 g/mol. The van der Waals surface area contributed by atoms with Crippen molar-refractivity contribution in [3.8, 4) is 5.75 Å². The maximum absolute atomic E-state index is 12.1. The lowest BCUT2D eigenvalue weighted by Crippen LogP contribution is -2.19. The molecular formula is C16H16N2O3. The molecule has 21 heavy (non-hydrogen) atoms. The zero-order valence-corrected chi connectivity index (χ0v) is 12.2. The largest absolute Gasteiger partial charge is 0.504 e. The predicted octanol–water partition coefficient (Wildman–Crippen LogP) is 2.19. The number of fused-ring (bicyclic) bond motifs is 2. The van der Waals surface area contributed by atoms with Crippen LogP contribution in [-0.4, -0.2) is 14.7 Å². The van der Waals surface area contributed by atoms with Crippen molar-refractivity contribution in [3.63, 3.8) is 0 Å². The summed E-state index contributed by atoms with van der Waals surface area (Å²) in [6.07, 6.45) is 0. The molecule has 0 saturated heterocycles. The topological polar surface area (TPSA) is 75.1 Å². The van der Waals surface area contributed by atoms with Gasteiger partial charge < -0.3 is 14.7 Å². The van der Waals surface area contributed by atoms with E-state index in [-0.39, 0.29) is 16.9 Å². The summed E-state index contributed by atoms with van der Waals surface area (Å²) in [6.45, 7) is 5.97. The first-order valence-electron chi connectivity index (χ1n) is 6.83. The molecule has 0 fully saturated rings. The number of pyridine rings is 2. The third kappa shape index (κ3) is 1.85. The number of benzene rings is 1. The van der Waals surface area contributed by atoms with Crippen molar-refractivity contribution in [2.24, 2.45) is 0 Å². The molecule has 0 aliphatic heterocycles. The quantitative estimate of drug-likeness (QED) is 0.673. The van der Waals surface area contributed by atoms with Gasteiger partial charge >= 0.3 is 0 Å². The fourth-order valence-corrected chi connectivity index (χ4v) is 2.87. The third-order valence-electron chi connectivity index (χ3n) is 3.91. The summed E-state index contributed by atoms with van der Waals surface area (Å²) in [7, 11) is 0. The van der Waals surface area contributed by atoms with E-state index >= 15 is 0 Å². The van der Waals surface area contributed by atoms with E-state index in [1.807, 2.05) is 26.8 Å². The van der Waals surface area contributed by atoms with Gasteiger partial charge in [-0.2, -0.15) is 0 Å². The molecule has 0 amide bonds. The number of hydrogen-bond donors (Lipinski definition) is 2. The van der Waals surface area contributed by atoms with E-state index < -0.39 is 0 Å². The Kier molecular flexibility index (Phi) is 2.86. The van der Waals surface area contributed by atoms with Crippen molar-refractivity contribution >= 4 is 21.8 Å². The molecule has 5 heteroatoms. The molecule has 0 unspecified atom stereocenters. The van der Waals surface area contributed by atoms with Gasteiger partial charge in [0.1, 0.15) is 0 Å². The Morgan fingerprint density at radius 1 is 1.10 bits per heavy atom. The Hall–Kier alpha value is -2.56. The SMILES string of the molecule is CCn1c(=O)cc(C)c2cc3c(C)cc(=O)[nH]c3c(O)c21. The molecule has 2 heterocycles. The monoisotopic (exact) mass is 284 g/mol. The summed E-state index contributed by atoms with van der Waals surface area (Å²) >= 11 is 0. The summed E-state index contributed by atoms with van der Waals surface area (Å²) in [5.74, 6) is -0.0500. The lowest BCUT2D eigenvalue weighted by Gasteiger charge is -2.14. The van der Waals surface area contributed by atoms with Crippen LogP contribution in [0.25, 0.3) is 21.8 Å². The zero-order valence-electron chi connectivity index (χ0n) is 12.2. The van der Waals surface area contributed by atoms with Crippen molar-refractivity contribution in [2.45, 2.75) is 27.3 Å². The van der Waals surface area contributed by atoms with E-state index in [0.29, 0.717) is 17.6 Å². The molecule has 0 aliphatic carbocycles. The van der Waals surface area contributed by atoms with E-state index in [2.05, 4.69) is 4.98 Å². The van der Waals surface area contributed by atoms with Crippen molar-refractivity contribution in [2.75, 3.05) is 0 Å². The van der Waals surface area contributed by atoms with Crippen LogP contribution in [0.4, 0.5) is 0 Å². The van der Waals surface area contributed by atoms with Gasteiger partial charge in [-0.15, -0.1) is 0 Å². The average molecular weight is 284 g/mol. The van der Waals surface area contributed by atoms with Crippen LogP contribution >= 0.6 is 0 Å². The summed E-state index contributed by atoms with van der Waals surface area (Å²) in [6, 6.07) is 4.98. The van der Waals surface area contributed by atoms with Gasteiger partial charge in [0, 0.05) is 29.4 Å². The first-order valence-corrected chi connectivity index (χ1v) is 6.83. The van der Waals surface area contributed by atoms with E-state index in [4.69, 9.17) is 0 Å². The first kappa shape index (κ1) is 13.4. The number of hydrogen-bond acceptors (Lipinski definition) is 3. The van der Waals surface area contributed by atoms with Gasteiger partial charge in [-0.05, 0) is 38.0 Å². The second-order valence-corrected chi connectivity index (χ2v) is 5.27. The average Bonchev–Trinajstić information content (AvgIpc) is 2.41. The molecule has 5 nitrogen and oxygen atoms in total. The molecule has 1 aromatic carbocycles. The maximum Gasteiger partial charge on any atom is 0.251 e. The number of nitrogens with zero attached hydrogens (tertiary/aromatic N) is 1. The second kappa shape index (κ2) is 4.48. The van der Waals surface area contributed by atoms with Gasteiger partial charge in [-0.25, -0.2) is 0 Å². The molecule has 0 saturated carbocycles. The Balaban J connectivity index is 2.70. The highest BCUT2D eigenvalue weighted by Crippen LogP contribution is 2.33. The zero-order chi connectivity index (χ0) is 15.3. The molecule has 108 valence electrons. The molecule has 0 aliphatic rings. The standard InChI is InChI=1S/C16H16N2O3/c1-4-18-13(20)6-9(3)11-7-10-8(2)5-12(19)17-14(10)16(21)15(11)18/h5-7,21H,4H2,1-3H3,(H,17,19). The minimum absolute atomic E-state index is 0.0500. The third-order valence-corrected chi connectivity index (χ3v) is 3.91. The number of aromatic nitrogens is 2. The van der Waals surface area contributed by atoms with Gasteiger partial charge in [-0.3, -0.25) is 9.59 Å². The van der Waals surface area contributed by atoms with Gasteiger partial charge in [0.25, 0.3) is 5.56 Å². The summed E-state index contributed by atoms with van der Waals surface area (Å²) in [5.41, 5.74) is 2.01. The molecule has 2 N–H and O–H groups in total. The fraction of sp³-hybridized carbons (Fsp3) is 0.250. The minimum atomic E-state index is -0.271. The van der Waals surface area contributed by atoms with Crippen LogP contribution < -0.4 is 11.1 Å². The van der Waals surface area contributed by atoms with Crippen LogP contribution in [0.1, 0.15) is 18.1 Å². The van der Waals surface area contributed by atoms with Gasteiger partial charge in [0.15, 0.2) is 5.75 Å². The van der Waals surface area contributed by atoms with Crippen molar-refractivity contribution < 1.29 is 5.11 Å². The number of aromatic amines is 1.